The summed E-state index contributed by atoms with van der Waals surface area (Å²) in [6.45, 7) is 0.959. The summed E-state index contributed by atoms with van der Waals surface area (Å²) in [7, 11) is 0. The number of hydrogen-bond acceptors (Lipinski definition) is 3. The largest absolute Gasteiger partial charge is 0.462 e. The number of hydrogen-bond donors (Lipinski definition) is 0. The van der Waals surface area contributed by atoms with Gasteiger partial charge in [0, 0.05) is 11.6 Å². The molecule has 0 aromatic carbocycles. The molecule has 0 bridgehead atoms. The van der Waals surface area contributed by atoms with E-state index in [1.165, 1.54) is 6.92 Å². The van der Waals surface area contributed by atoms with Crippen LogP contribution in [0.4, 0.5) is 26.3 Å². The van der Waals surface area contributed by atoms with Crippen LogP contribution in [0.1, 0.15) is 35.0 Å². The monoisotopic (exact) mass is 287 g/mol. The molecule has 106 valence electrons. The third-order valence-corrected chi connectivity index (χ3v) is 2.00. The van der Waals surface area contributed by atoms with Gasteiger partial charge in [-0.3, -0.25) is 0 Å². The zero-order valence-corrected chi connectivity index (χ0v) is 9.39. The van der Waals surface area contributed by atoms with Crippen LogP contribution in [-0.2, 0) is 10.9 Å². The van der Waals surface area contributed by atoms with Crippen molar-refractivity contribution in [2.75, 3.05) is 6.61 Å². The Balaban J connectivity index is 3.57. The number of halogens is 6. The quantitative estimate of drug-likeness (QED) is 0.486. The predicted octanol–water partition coefficient (Wildman–Crippen LogP) is 3.35. The normalized spacial score (nSPS) is 11.8. The molecular formula is C10H7F6NO2. The van der Waals surface area contributed by atoms with Crippen molar-refractivity contribution in [1.29, 1.82) is 0 Å². The molecule has 0 amide bonds. The van der Waals surface area contributed by atoms with E-state index in [-0.39, 0.29) is 12.7 Å². The molecular weight excluding hydrogens is 280 g/mol. The number of alkyl halides is 5. The van der Waals surface area contributed by atoms with Crippen LogP contribution in [0.3, 0.4) is 0 Å². The van der Waals surface area contributed by atoms with Crippen LogP contribution in [0.25, 0.3) is 0 Å². The van der Waals surface area contributed by atoms with E-state index >= 15 is 0 Å². The van der Waals surface area contributed by atoms with Gasteiger partial charge in [0.1, 0.15) is 0 Å². The topological polar surface area (TPSA) is 39.2 Å². The van der Waals surface area contributed by atoms with Crippen molar-refractivity contribution in [1.82, 2.24) is 4.98 Å². The number of rotatable bonds is 3. The van der Waals surface area contributed by atoms with Gasteiger partial charge in [-0.25, -0.2) is 18.6 Å². The third kappa shape index (κ3) is 3.36. The molecule has 0 N–H and O–H groups in total. The number of nitrogens with zero attached hydrogens (tertiary/aromatic N) is 1. The van der Waals surface area contributed by atoms with E-state index in [1.807, 2.05) is 0 Å². The summed E-state index contributed by atoms with van der Waals surface area (Å²) in [4.78, 5) is 13.8. The Hall–Kier alpha value is -1.80. The Kier molecular flexibility index (Phi) is 4.38. The van der Waals surface area contributed by atoms with Gasteiger partial charge in [-0.2, -0.15) is 17.6 Å². The number of ether oxygens (including phenoxy) is 1. The average Bonchev–Trinajstić information content (AvgIpc) is 2.26. The van der Waals surface area contributed by atoms with Gasteiger partial charge in [0.05, 0.1) is 12.2 Å². The fourth-order valence-electron chi connectivity index (χ4n) is 1.33. The summed E-state index contributed by atoms with van der Waals surface area (Å²) in [5.41, 5.74) is -4.90. The van der Waals surface area contributed by atoms with Crippen molar-refractivity contribution in [2.45, 2.75) is 19.5 Å². The van der Waals surface area contributed by atoms with Crippen LogP contribution in [0.2, 0.25) is 0 Å². The lowest BCUT2D eigenvalue weighted by Gasteiger charge is -2.14. The molecule has 1 aromatic rings. The summed E-state index contributed by atoms with van der Waals surface area (Å²) in [5, 5.41) is 0. The minimum absolute atomic E-state index is 0.0756. The summed E-state index contributed by atoms with van der Waals surface area (Å²) in [6.07, 6.45) is -8.73. The minimum atomic E-state index is -5.26. The average molecular weight is 287 g/mol. The Morgan fingerprint density at radius 3 is 2.42 bits per heavy atom. The van der Waals surface area contributed by atoms with E-state index < -0.39 is 41.3 Å². The first-order chi connectivity index (χ1) is 8.68. The molecule has 1 rings (SSSR count). The van der Waals surface area contributed by atoms with E-state index in [1.54, 1.807) is 0 Å². The Morgan fingerprint density at radius 2 is 2.00 bits per heavy atom. The van der Waals surface area contributed by atoms with Crippen molar-refractivity contribution in [3.63, 3.8) is 0 Å². The molecule has 0 aliphatic rings. The molecule has 9 heteroatoms. The lowest BCUT2D eigenvalue weighted by Crippen LogP contribution is -2.20. The van der Waals surface area contributed by atoms with E-state index in [0.717, 1.165) is 0 Å². The zero-order chi connectivity index (χ0) is 14.8. The second kappa shape index (κ2) is 5.45. The maximum atomic E-state index is 12.9. The van der Waals surface area contributed by atoms with Gasteiger partial charge in [-0.1, -0.05) is 0 Å². The maximum Gasteiger partial charge on any atom is 0.434 e. The summed E-state index contributed by atoms with van der Waals surface area (Å²) >= 11 is 0. The van der Waals surface area contributed by atoms with Gasteiger partial charge in [0.25, 0.3) is 6.43 Å². The van der Waals surface area contributed by atoms with Crippen LogP contribution in [0.5, 0.6) is 0 Å². The second-order valence-electron chi connectivity index (χ2n) is 3.28. The molecule has 0 saturated carbocycles. The fourth-order valence-corrected chi connectivity index (χ4v) is 1.33. The van der Waals surface area contributed by atoms with E-state index in [9.17, 15) is 31.1 Å². The number of pyridine rings is 1. The van der Waals surface area contributed by atoms with Gasteiger partial charge in [0.15, 0.2) is 5.69 Å². The molecule has 1 heterocycles. The summed E-state index contributed by atoms with van der Waals surface area (Å²) in [5.74, 6) is -3.38. The Bertz CT molecular complexity index is 486. The Labute approximate surface area is 103 Å². The van der Waals surface area contributed by atoms with Crippen LogP contribution >= 0.6 is 0 Å². The second-order valence-corrected chi connectivity index (χ2v) is 3.28. The standard InChI is InChI=1S/C10H7F6NO2/c1-2-19-9(18)6-4(8(12)13)3-5(11)17-7(6)10(14,15)16/h3,8H,2H2,1H3. The fraction of sp³-hybridized carbons (Fsp3) is 0.400. The molecule has 0 spiro atoms. The number of carbonyl (C=O) groups is 1. The highest BCUT2D eigenvalue weighted by Crippen LogP contribution is 2.35. The lowest BCUT2D eigenvalue weighted by atomic mass is 10.1. The van der Waals surface area contributed by atoms with Crippen LogP contribution in [0.15, 0.2) is 6.07 Å². The number of esters is 1. The van der Waals surface area contributed by atoms with Crippen molar-refractivity contribution >= 4 is 5.97 Å². The van der Waals surface area contributed by atoms with Gasteiger partial charge in [-0.15, -0.1) is 0 Å². The highest BCUT2D eigenvalue weighted by atomic mass is 19.4. The molecule has 0 radical (unpaired) electrons. The van der Waals surface area contributed by atoms with Crippen LogP contribution < -0.4 is 0 Å². The van der Waals surface area contributed by atoms with Crippen LogP contribution in [0, 0.1) is 5.95 Å². The zero-order valence-electron chi connectivity index (χ0n) is 9.39. The molecule has 19 heavy (non-hydrogen) atoms. The molecule has 0 aliphatic heterocycles. The van der Waals surface area contributed by atoms with Gasteiger partial charge < -0.3 is 4.74 Å². The first-order valence-electron chi connectivity index (χ1n) is 4.91. The molecule has 0 fully saturated rings. The van der Waals surface area contributed by atoms with Crippen molar-refractivity contribution < 1.29 is 35.9 Å². The number of carbonyl (C=O) groups excluding carboxylic acids is 1. The Morgan fingerprint density at radius 1 is 1.42 bits per heavy atom. The van der Waals surface area contributed by atoms with Crippen molar-refractivity contribution in [3.05, 3.63) is 28.8 Å². The van der Waals surface area contributed by atoms with E-state index in [0.29, 0.717) is 0 Å². The van der Waals surface area contributed by atoms with E-state index in [2.05, 4.69) is 9.72 Å². The van der Waals surface area contributed by atoms with Crippen molar-refractivity contribution in [2.24, 2.45) is 0 Å². The van der Waals surface area contributed by atoms with Gasteiger partial charge in [0.2, 0.25) is 5.95 Å². The molecule has 1 aromatic heterocycles. The predicted molar refractivity (Wildman–Crippen MR) is 50.1 cm³/mol. The number of aromatic nitrogens is 1. The molecule has 3 nitrogen and oxygen atoms in total. The first kappa shape index (κ1) is 15.3. The van der Waals surface area contributed by atoms with Crippen LogP contribution in [-0.4, -0.2) is 17.6 Å². The highest BCUT2D eigenvalue weighted by molar-refractivity contribution is 5.92. The molecule has 0 saturated heterocycles. The summed E-state index contributed by atoms with van der Waals surface area (Å²) in [6, 6.07) is 0.0756. The first-order valence-corrected chi connectivity index (χ1v) is 4.91. The van der Waals surface area contributed by atoms with Gasteiger partial charge >= 0.3 is 12.1 Å². The van der Waals surface area contributed by atoms with Gasteiger partial charge in [-0.05, 0) is 6.92 Å². The highest BCUT2D eigenvalue weighted by Gasteiger charge is 2.41. The smallest absolute Gasteiger partial charge is 0.434 e. The third-order valence-electron chi connectivity index (χ3n) is 2.00. The minimum Gasteiger partial charge on any atom is -0.462 e. The molecule has 0 aliphatic carbocycles. The molecule has 0 atom stereocenters. The SMILES string of the molecule is CCOC(=O)c1c(C(F)F)cc(F)nc1C(F)(F)F. The lowest BCUT2D eigenvalue weighted by molar-refractivity contribution is -0.142. The van der Waals surface area contributed by atoms with Crippen molar-refractivity contribution in [3.8, 4) is 0 Å². The van der Waals surface area contributed by atoms with E-state index in [4.69, 9.17) is 0 Å². The molecule has 0 unspecified atom stereocenters. The maximum absolute atomic E-state index is 12.9. The summed E-state index contributed by atoms with van der Waals surface area (Å²) < 4.78 is 80.1.